The number of nitrogens with zero attached hydrogens (tertiary/aromatic N) is 3. The van der Waals surface area contributed by atoms with E-state index in [0.717, 1.165) is 46.6 Å². The van der Waals surface area contributed by atoms with E-state index in [1.54, 1.807) is 7.05 Å². The molecule has 0 saturated heterocycles. The number of esters is 1. The van der Waals surface area contributed by atoms with E-state index in [2.05, 4.69) is 45.3 Å². The van der Waals surface area contributed by atoms with Crippen LogP contribution >= 0.6 is 11.3 Å². The fourth-order valence-corrected chi connectivity index (χ4v) is 8.26. The van der Waals surface area contributed by atoms with Crippen molar-refractivity contribution in [2.75, 3.05) is 27.3 Å². The maximum atomic E-state index is 14.6. The van der Waals surface area contributed by atoms with Crippen LogP contribution in [0.5, 0.6) is 0 Å². The third-order valence-corrected chi connectivity index (χ3v) is 11.9. The zero-order chi connectivity index (χ0) is 39.2. The van der Waals surface area contributed by atoms with Crippen molar-refractivity contribution in [3.63, 3.8) is 0 Å². The van der Waals surface area contributed by atoms with Gasteiger partial charge >= 0.3 is 5.97 Å². The Morgan fingerprint density at radius 2 is 1.70 bits per heavy atom. The van der Waals surface area contributed by atoms with Crippen LogP contribution < -0.4 is 10.6 Å². The molecule has 3 rings (SSSR count). The first-order valence-corrected chi connectivity index (χ1v) is 20.7. The van der Waals surface area contributed by atoms with Gasteiger partial charge < -0.3 is 25.0 Å². The van der Waals surface area contributed by atoms with Gasteiger partial charge in [-0.25, -0.2) is 4.98 Å². The highest BCUT2D eigenvalue weighted by molar-refractivity contribution is 7.09. The zero-order valence-corrected chi connectivity index (χ0v) is 34.7. The largest absolute Gasteiger partial charge is 0.469 e. The number of aromatic nitrogens is 1. The molecular weight excluding hydrogens is 691 g/mol. The molecule has 11 nitrogen and oxygen atoms in total. The van der Waals surface area contributed by atoms with Crippen LogP contribution in [0.15, 0.2) is 29.6 Å². The van der Waals surface area contributed by atoms with Gasteiger partial charge in [-0.05, 0) is 48.8 Å². The number of likely N-dealkylation sites (N-methyl/N-ethyl adjacent to an activating group) is 1. The Morgan fingerprint density at radius 1 is 1.02 bits per heavy atom. The molecule has 0 spiro atoms. The fraction of sp³-hybridized carbons (Fsp3) is 0.707. The van der Waals surface area contributed by atoms with Crippen molar-refractivity contribution in [1.29, 1.82) is 0 Å². The number of thiazole rings is 1. The van der Waals surface area contributed by atoms with Crippen molar-refractivity contribution in [2.24, 2.45) is 17.8 Å². The second-order valence-electron chi connectivity index (χ2n) is 15.1. The molecule has 1 aromatic carbocycles. The number of carbonyl (C=O) groups is 3. The third kappa shape index (κ3) is 11.6. The van der Waals surface area contributed by atoms with Gasteiger partial charge in [-0.3, -0.25) is 14.4 Å². The third-order valence-electron chi connectivity index (χ3n) is 10.9. The predicted octanol–water partition coefficient (Wildman–Crippen LogP) is 6.98. The van der Waals surface area contributed by atoms with Crippen LogP contribution in [0.1, 0.15) is 128 Å². The zero-order valence-electron chi connectivity index (χ0n) is 33.9. The Labute approximate surface area is 321 Å². The van der Waals surface area contributed by atoms with Crippen molar-refractivity contribution in [3.8, 4) is 0 Å². The summed E-state index contributed by atoms with van der Waals surface area (Å²) < 4.78 is 12.6. The summed E-state index contributed by atoms with van der Waals surface area (Å²) in [5, 5.41) is 9.01. The van der Waals surface area contributed by atoms with Crippen LogP contribution in [0.2, 0.25) is 0 Å². The van der Waals surface area contributed by atoms with Gasteiger partial charge in [0.2, 0.25) is 24.4 Å². The lowest BCUT2D eigenvalue weighted by molar-refractivity contribution is -0.603. The first-order chi connectivity index (χ1) is 25.3. The van der Waals surface area contributed by atoms with Crippen LogP contribution in [-0.2, 0) is 36.8 Å². The number of nitrogens with one attached hydrogen (secondary N) is 2. The molecule has 1 aromatic heterocycles. The highest BCUT2D eigenvalue weighted by Crippen LogP contribution is 2.35. The van der Waals surface area contributed by atoms with E-state index < -0.39 is 18.0 Å². The smallest absolute Gasteiger partial charge is 0.313 e. The Kier molecular flexibility index (Phi) is 18.0. The average molecular weight is 757 g/mol. The van der Waals surface area contributed by atoms with Crippen molar-refractivity contribution >= 4 is 29.1 Å². The summed E-state index contributed by atoms with van der Waals surface area (Å²) in [4.78, 5) is 61.4. The molecule has 0 radical (unpaired) electrons. The molecule has 2 aromatic rings. The molecule has 0 saturated carbocycles. The molecular formula is C41H66N5O6S+. The van der Waals surface area contributed by atoms with Crippen LogP contribution in [0.25, 0.3) is 0 Å². The van der Waals surface area contributed by atoms with Gasteiger partial charge in [0.25, 0.3) is 0 Å². The number of methoxy groups -OCH3 is 1. The summed E-state index contributed by atoms with van der Waals surface area (Å²) in [7, 11) is 3.17. The lowest BCUT2D eigenvalue weighted by Crippen LogP contribution is -2.59. The molecule has 0 fully saturated rings. The van der Waals surface area contributed by atoms with Gasteiger partial charge in [0.1, 0.15) is 22.8 Å². The van der Waals surface area contributed by atoms with E-state index in [-0.39, 0.29) is 60.3 Å². The van der Waals surface area contributed by atoms with E-state index in [9.17, 15) is 19.3 Å². The molecule has 1 heterocycles. The molecule has 1 aliphatic rings. The average Bonchev–Trinajstić information content (AvgIpc) is 3.63. The predicted molar refractivity (Wildman–Crippen MR) is 211 cm³/mol. The molecule has 2 N–H and O–H groups in total. The lowest BCUT2D eigenvalue weighted by atomic mass is 9.80. The summed E-state index contributed by atoms with van der Waals surface area (Å²) in [6.07, 6.45) is 4.26. The number of nitroso groups, excluding NO2 is 1. The maximum absolute atomic E-state index is 14.6. The normalized spacial score (nSPS) is 19.0. The van der Waals surface area contributed by atoms with E-state index in [0.29, 0.717) is 38.1 Å². The number of hydrogen-bond acceptors (Lipinski definition) is 9. The van der Waals surface area contributed by atoms with E-state index in [1.165, 1.54) is 18.4 Å². The summed E-state index contributed by atoms with van der Waals surface area (Å²) in [6.45, 7) is 17.7. The lowest BCUT2D eigenvalue weighted by Gasteiger charge is -2.39. The Balaban J connectivity index is 1.86. The molecule has 12 heteroatoms. The van der Waals surface area contributed by atoms with Gasteiger partial charge in [-0.15, -0.1) is 11.3 Å². The summed E-state index contributed by atoms with van der Waals surface area (Å²) >= 11 is 1.47. The van der Waals surface area contributed by atoms with Gasteiger partial charge in [0, 0.05) is 53.5 Å². The van der Waals surface area contributed by atoms with Crippen molar-refractivity contribution in [3.05, 3.63) is 56.4 Å². The highest BCUT2D eigenvalue weighted by atomic mass is 32.1. The van der Waals surface area contributed by atoms with Gasteiger partial charge in [-0.1, -0.05) is 92.5 Å². The number of amides is 2. The van der Waals surface area contributed by atoms with Crippen LogP contribution in [0.4, 0.5) is 0 Å². The van der Waals surface area contributed by atoms with Gasteiger partial charge in [0.05, 0.1) is 19.1 Å². The van der Waals surface area contributed by atoms with E-state index >= 15 is 0 Å². The summed E-state index contributed by atoms with van der Waals surface area (Å²) in [5.41, 5.74) is 2.57. The molecule has 0 aliphatic heterocycles. The monoisotopic (exact) mass is 756 g/mol. The summed E-state index contributed by atoms with van der Waals surface area (Å²) in [5.74, 6) is -0.867. The fourth-order valence-electron chi connectivity index (χ4n) is 7.39. The van der Waals surface area contributed by atoms with E-state index in [4.69, 9.17) is 14.5 Å². The quantitative estimate of drug-likeness (QED) is 0.0973. The minimum absolute atomic E-state index is 0.0581. The SMILES string of the molecule is CCCOC(CC(C(C)C)N(CCC)C(=O)C(NC(=O)C(NC)C(C)CC)C(C)CC)c1nc(C[N+](=O)C2Cc3ccccc3C(C(=O)OC)C2)cs1. The van der Waals surface area contributed by atoms with Crippen molar-refractivity contribution in [1.82, 2.24) is 20.5 Å². The van der Waals surface area contributed by atoms with Crippen molar-refractivity contribution < 1.29 is 28.6 Å². The van der Waals surface area contributed by atoms with E-state index in [1.807, 2.05) is 55.3 Å². The van der Waals surface area contributed by atoms with Crippen LogP contribution in [0, 0.1) is 22.7 Å². The number of benzene rings is 1. The van der Waals surface area contributed by atoms with Crippen LogP contribution in [-0.4, -0.2) is 83.9 Å². The second kappa shape index (κ2) is 21.6. The minimum atomic E-state index is -0.657. The molecule has 296 valence electrons. The molecule has 8 atom stereocenters. The molecule has 1 aliphatic carbocycles. The number of hydrogen-bond donors (Lipinski definition) is 2. The maximum Gasteiger partial charge on any atom is 0.313 e. The minimum Gasteiger partial charge on any atom is -0.469 e. The summed E-state index contributed by atoms with van der Waals surface area (Å²) in [6, 6.07) is 6.15. The molecule has 2 amide bonds. The van der Waals surface area contributed by atoms with Gasteiger partial charge in [0.15, 0.2) is 0 Å². The molecule has 0 bridgehead atoms. The number of ether oxygens (including phenoxy) is 2. The number of fused-ring (bicyclic) bond motifs is 1. The Bertz CT molecular complexity index is 1480. The molecule has 8 unspecified atom stereocenters. The van der Waals surface area contributed by atoms with Crippen LogP contribution in [0.3, 0.4) is 0 Å². The first-order valence-electron chi connectivity index (χ1n) is 19.8. The van der Waals surface area contributed by atoms with Gasteiger partial charge in [-0.2, -0.15) is 0 Å². The Hall–Kier alpha value is -3.22. The number of carbonyl (C=O) groups excluding carboxylic acids is 3. The first kappa shape index (κ1) is 44.2. The standard InChI is InChI=1S/C41H65N5O6S/c1-11-19-45(40(48)37(28(8)14-4)44-38(47)36(42-9)27(7)13-3)34(26(5)6)23-35(52-20-12-2)39-43-30(25-53-39)24-46(50)31-21-29-17-15-16-18-32(29)33(22-31)41(49)51-10/h15-18,25-28,31,33-37,42H,11-14,19-24H2,1-10H3/p+1. The Morgan fingerprint density at radius 3 is 2.30 bits per heavy atom. The highest BCUT2D eigenvalue weighted by Gasteiger charge is 2.41. The number of rotatable bonds is 22. The molecule has 53 heavy (non-hydrogen) atoms. The second-order valence-corrected chi connectivity index (χ2v) is 16.0. The topological polar surface area (TPSA) is 130 Å². The van der Waals surface area contributed by atoms with Crippen molar-refractivity contribution in [2.45, 2.75) is 143 Å².